The molecule has 2 heterocycles. The van der Waals surface area contributed by atoms with Gasteiger partial charge in [-0.25, -0.2) is 9.97 Å². The minimum atomic E-state index is 0.445. The highest BCUT2D eigenvalue weighted by Crippen LogP contribution is 2.26. The standard InChI is InChI=1S/C11H9Cl2N3S/c12-8-2-3-10(13)16-9(8)6-17-7-1-4-11(14)15-5-7/h1-5H,6H2,(H2,14,15). The predicted molar refractivity (Wildman–Crippen MR) is 72.5 cm³/mol. The van der Waals surface area contributed by atoms with Crippen LogP contribution in [0.1, 0.15) is 5.69 Å². The van der Waals surface area contributed by atoms with Crippen LogP contribution in [-0.2, 0) is 5.75 Å². The molecule has 17 heavy (non-hydrogen) atoms. The van der Waals surface area contributed by atoms with Crippen molar-refractivity contribution in [1.82, 2.24) is 9.97 Å². The molecule has 0 atom stereocenters. The topological polar surface area (TPSA) is 51.8 Å². The first kappa shape index (κ1) is 12.5. The van der Waals surface area contributed by atoms with Crippen molar-refractivity contribution in [3.8, 4) is 0 Å². The van der Waals surface area contributed by atoms with Crippen LogP contribution < -0.4 is 5.73 Å². The fourth-order valence-electron chi connectivity index (χ4n) is 1.19. The number of hydrogen-bond acceptors (Lipinski definition) is 4. The number of pyridine rings is 2. The second-order valence-electron chi connectivity index (χ2n) is 3.27. The van der Waals surface area contributed by atoms with Crippen molar-refractivity contribution in [1.29, 1.82) is 0 Å². The maximum absolute atomic E-state index is 6.02. The summed E-state index contributed by atoms with van der Waals surface area (Å²) in [6.45, 7) is 0. The Balaban J connectivity index is 2.07. The lowest BCUT2D eigenvalue weighted by Gasteiger charge is -2.04. The van der Waals surface area contributed by atoms with Gasteiger partial charge in [-0.2, -0.15) is 0 Å². The molecule has 2 aromatic rings. The minimum Gasteiger partial charge on any atom is -0.384 e. The number of nitrogens with two attached hydrogens (primary N) is 1. The average molecular weight is 286 g/mol. The maximum Gasteiger partial charge on any atom is 0.129 e. The first-order valence-electron chi connectivity index (χ1n) is 4.80. The first-order chi connectivity index (χ1) is 8.15. The summed E-state index contributed by atoms with van der Waals surface area (Å²) >= 11 is 13.4. The summed E-state index contributed by atoms with van der Waals surface area (Å²) in [7, 11) is 0. The van der Waals surface area contributed by atoms with Gasteiger partial charge in [0, 0.05) is 16.8 Å². The van der Waals surface area contributed by atoms with E-state index < -0.39 is 0 Å². The van der Waals surface area contributed by atoms with Crippen molar-refractivity contribution in [2.24, 2.45) is 0 Å². The van der Waals surface area contributed by atoms with E-state index >= 15 is 0 Å². The van der Waals surface area contributed by atoms with Crippen LogP contribution in [0.15, 0.2) is 35.4 Å². The van der Waals surface area contributed by atoms with Gasteiger partial charge in [0.2, 0.25) is 0 Å². The molecule has 3 nitrogen and oxygen atoms in total. The average Bonchev–Trinajstić information content (AvgIpc) is 2.32. The molecule has 88 valence electrons. The van der Waals surface area contributed by atoms with Gasteiger partial charge in [-0.1, -0.05) is 23.2 Å². The molecular formula is C11H9Cl2N3S. The summed E-state index contributed by atoms with van der Waals surface area (Å²) in [4.78, 5) is 9.19. The lowest BCUT2D eigenvalue weighted by molar-refractivity contribution is 1.17. The molecule has 0 aliphatic rings. The molecule has 2 N–H and O–H groups in total. The number of hydrogen-bond donors (Lipinski definition) is 1. The van der Waals surface area contributed by atoms with Crippen LogP contribution >= 0.6 is 35.0 Å². The third kappa shape index (κ3) is 3.49. The quantitative estimate of drug-likeness (QED) is 0.691. The van der Waals surface area contributed by atoms with Crippen molar-refractivity contribution in [2.75, 3.05) is 5.73 Å². The number of rotatable bonds is 3. The Morgan fingerprint density at radius 1 is 1.18 bits per heavy atom. The Morgan fingerprint density at radius 2 is 2.00 bits per heavy atom. The summed E-state index contributed by atoms with van der Waals surface area (Å²) in [5, 5.41) is 1.06. The maximum atomic E-state index is 6.02. The molecule has 0 spiro atoms. The third-order valence-electron chi connectivity index (χ3n) is 2.02. The van der Waals surface area contributed by atoms with E-state index in [9.17, 15) is 0 Å². The number of nitrogens with zero attached hydrogens (tertiary/aromatic N) is 2. The molecule has 2 aromatic heterocycles. The lowest BCUT2D eigenvalue weighted by atomic mass is 10.4. The number of anilines is 1. The van der Waals surface area contributed by atoms with Gasteiger partial charge in [0.05, 0.1) is 10.7 Å². The fourth-order valence-corrected chi connectivity index (χ4v) is 2.42. The van der Waals surface area contributed by atoms with E-state index in [0.717, 1.165) is 10.6 Å². The van der Waals surface area contributed by atoms with E-state index in [-0.39, 0.29) is 0 Å². The monoisotopic (exact) mass is 285 g/mol. The van der Waals surface area contributed by atoms with E-state index in [1.807, 2.05) is 6.07 Å². The van der Waals surface area contributed by atoms with Crippen LogP contribution in [0, 0.1) is 0 Å². The summed E-state index contributed by atoms with van der Waals surface area (Å²) < 4.78 is 0. The Labute approximate surface area is 113 Å². The molecule has 0 aromatic carbocycles. The van der Waals surface area contributed by atoms with E-state index in [0.29, 0.717) is 21.7 Å². The van der Waals surface area contributed by atoms with Gasteiger partial charge in [0.1, 0.15) is 11.0 Å². The van der Waals surface area contributed by atoms with Gasteiger partial charge < -0.3 is 5.73 Å². The fraction of sp³-hybridized carbons (Fsp3) is 0.0909. The van der Waals surface area contributed by atoms with Gasteiger partial charge in [-0.3, -0.25) is 0 Å². The Morgan fingerprint density at radius 3 is 2.71 bits per heavy atom. The third-order valence-corrected chi connectivity index (χ3v) is 3.57. The summed E-state index contributed by atoms with van der Waals surface area (Å²) in [5.74, 6) is 1.15. The molecule has 0 aliphatic heterocycles. The number of thioether (sulfide) groups is 1. The van der Waals surface area contributed by atoms with E-state index in [2.05, 4.69) is 9.97 Å². The number of nitrogen functional groups attached to an aromatic ring is 1. The molecule has 0 bridgehead atoms. The zero-order chi connectivity index (χ0) is 12.3. The summed E-state index contributed by atoms with van der Waals surface area (Å²) in [6.07, 6.45) is 1.72. The van der Waals surface area contributed by atoms with Gasteiger partial charge in [0.25, 0.3) is 0 Å². The molecular weight excluding hydrogens is 277 g/mol. The Bertz CT molecular complexity index is 517. The largest absolute Gasteiger partial charge is 0.384 e. The van der Waals surface area contributed by atoms with Crippen LogP contribution in [0.25, 0.3) is 0 Å². The Kier molecular flexibility index (Phi) is 4.10. The van der Waals surface area contributed by atoms with Gasteiger partial charge in [-0.05, 0) is 24.3 Å². The first-order valence-corrected chi connectivity index (χ1v) is 6.54. The zero-order valence-electron chi connectivity index (χ0n) is 8.73. The second-order valence-corrected chi connectivity index (χ2v) is 5.11. The number of halogens is 2. The van der Waals surface area contributed by atoms with Crippen LogP contribution in [0.4, 0.5) is 5.82 Å². The lowest BCUT2D eigenvalue weighted by Crippen LogP contribution is -1.90. The molecule has 6 heteroatoms. The molecule has 0 unspecified atom stereocenters. The predicted octanol–water partition coefficient (Wildman–Crippen LogP) is 3.66. The molecule has 0 saturated carbocycles. The van der Waals surface area contributed by atoms with Crippen molar-refractivity contribution in [3.05, 3.63) is 46.3 Å². The van der Waals surface area contributed by atoms with Crippen molar-refractivity contribution in [2.45, 2.75) is 10.6 Å². The van der Waals surface area contributed by atoms with Gasteiger partial charge in [-0.15, -0.1) is 11.8 Å². The minimum absolute atomic E-state index is 0.445. The molecule has 0 radical (unpaired) electrons. The SMILES string of the molecule is Nc1ccc(SCc2nc(Cl)ccc2Cl)cn1. The van der Waals surface area contributed by atoms with Crippen LogP contribution in [0.3, 0.4) is 0 Å². The molecule has 0 saturated heterocycles. The highest BCUT2D eigenvalue weighted by Gasteiger charge is 2.04. The smallest absolute Gasteiger partial charge is 0.129 e. The molecule has 0 amide bonds. The highest BCUT2D eigenvalue weighted by atomic mass is 35.5. The number of aromatic nitrogens is 2. The summed E-state index contributed by atoms with van der Waals surface area (Å²) in [5.41, 5.74) is 6.27. The Hall–Kier alpha value is -0.970. The molecule has 2 rings (SSSR count). The summed E-state index contributed by atoms with van der Waals surface area (Å²) in [6, 6.07) is 7.08. The van der Waals surface area contributed by atoms with Crippen molar-refractivity contribution >= 4 is 40.8 Å². The van der Waals surface area contributed by atoms with E-state index in [4.69, 9.17) is 28.9 Å². The second kappa shape index (κ2) is 5.58. The van der Waals surface area contributed by atoms with Gasteiger partial charge in [0.15, 0.2) is 0 Å². The van der Waals surface area contributed by atoms with Crippen molar-refractivity contribution in [3.63, 3.8) is 0 Å². The molecule has 0 aliphatic carbocycles. The van der Waals surface area contributed by atoms with Crippen molar-refractivity contribution < 1.29 is 0 Å². The van der Waals surface area contributed by atoms with Crippen LogP contribution in [0.2, 0.25) is 10.2 Å². The zero-order valence-corrected chi connectivity index (χ0v) is 11.1. The molecule has 0 fully saturated rings. The van der Waals surface area contributed by atoms with Gasteiger partial charge >= 0.3 is 0 Å². The van der Waals surface area contributed by atoms with Crippen LogP contribution in [0.5, 0.6) is 0 Å². The highest BCUT2D eigenvalue weighted by molar-refractivity contribution is 7.98. The normalized spacial score (nSPS) is 10.5. The van der Waals surface area contributed by atoms with E-state index in [1.165, 1.54) is 0 Å². The van der Waals surface area contributed by atoms with E-state index in [1.54, 1.807) is 36.2 Å². The van der Waals surface area contributed by atoms with Crippen LogP contribution in [-0.4, -0.2) is 9.97 Å².